The lowest BCUT2D eigenvalue weighted by Gasteiger charge is -2.53. The van der Waals surface area contributed by atoms with Crippen LogP contribution >= 0.6 is 0 Å². The van der Waals surface area contributed by atoms with Gasteiger partial charge in [0, 0.05) is 49.9 Å². The van der Waals surface area contributed by atoms with Crippen LogP contribution in [0.1, 0.15) is 75.1 Å². The fourth-order valence-electron chi connectivity index (χ4n) is 6.59. The summed E-state index contributed by atoms with van der Waals surface area (Å²) in [6.07, 6.45) is 9.35. The molecule has 1 spiro atoms. The van der Waals surface area contributed by atoms with Crippen molar-refractivity contribution in [1.29, 1.82) is 0 Å². The fourth-order valence-corrected chi connectivity index (χ4v) is 6.59. The Morgan fingerprint density at radius 2 is 2.07 bits per heavy atom. The molecule has 4 atom stereocenters. The second-order valence-corrected chi connectivity index (χ2v) is 9.77. The summed E-state index contributed by atoms with van der Waals surface area (Å²) in [5.74, 6) is 1.37. The van der Waals surface area contributed by atoms with E-state index in [9.17, 15) is 9.59 Å². The number of nitrogens with one attached hydrogen (secondary N) is 1. The van der Waals surface area contributed by atoms with Crippen molar-refractivity contribution in [2.24, 2.45) is 11.8 Å². The van der Waals surface area contributed by atoms with Crippen LogP contribution in [0, 0.1) is 11.8 Å². The highest BCUT2D eigenvalue weighted by Gasteiger charge is 2.55. The number of amides is 2. The predicted molar refractivity (Wildman–Crippen MR) is 121 cm³/mol. The van der Waals surface area contributed by atoms with Crippen molar-refractivity contribution >= 4 is 17.5 Å². The molecule has 164 valence electrons. The topological polar surface area (TPSA) is 52.7 Å². The Bertz CT molecular complexity index is 792. The average molecular weight is 412 g/mol. The van der Waals surface area contributed by atoms with Crippen molar-refractivity contribution in [3.63, 3.8) is 0 Å². The number of rotatable bonds is 5. The first-order chi connectivity index (χ1) is 14.5. The highest BCUT2D eigenvalue weighted by molar-refractivity contribution is 5.95. The van der Waals surface area contributed by atoms with Gasteiger partial charge >= 0.3 is 0 Å². The largest absolute Gasteiger partial charge is 0.378 e. The van der Waals surface area contributed by atoms with Crippen LogP contribution in [-0.4, -0.2) is 48.9 Å². The molecular formula is C25H37N3O2. The second kappa shape index (κ2) is 8.60. The summed E-state index contributed by atoms with van der Waals surface area (Å²) in [7, 11) is 3.99. The fraction of sp³-hybridized carbons (Fsp3) is 0.680. The van der Waals surface area contributed by atoms with Gasteiger partial charge < -0.3 is 15.1 Å². The van der Waals surface area contributed by atoms with Crippen LogP contribution in [0.3, 0.4) is 0 Å². The maximum Gasteiger partial charge on any atom is 0.251 e. The zero-order valence-corrected chi connectivity index (χ0v) is 18.8. The Kier molecular flexibility index (Phi) is 6.08. The van der Waals surface area contributed by atoms with E-state index < -0.39 is 0 Å². The first kappa shape index (κ1) is 21.2. The van der Waals surface area contributed by atoms with Gasteiger partial charge in [0.15, 0.2) is 0 Å². The lowest BCUT2D eigenvalue weighted by atomic mass is 9.61. The number of benzene rings is 1. The summed E-state index contributed by atoms with van der Waals surface area (Å²) in [5, 5.41) is 3.42. The molecule has 0 bridgehead atoms. The molecule has 5 nitrogen and oxygen atoms in total. The van der Waals surface area contributed by atoms with E-state index in [0.717, 1.165) is 69.2 Å². The zero-order chi connectivity index (χ0) is 21.3. The van der Waals surface area contributed by atoms with Crippen LogP contribution < -0.4 is 10.2 Å². The van der Waals surface area contributed by atoms with Gasteiger partial charge in [-0.3, -0.25) is 9.59 Å². The van der Waals surface area contributed by atoms with Crippen LogP contribution in [0.5, 0.6) is 0 Å². The molecule has 30 heavy (non-hydrogen) atoms. The van der Waals surface area contributed by atoms with Crippen molar-refractivity contribution in [2.75, 3.05) is 25.5 Å². The summed E-state index contributed by atoms with van der Waals surface area (Å²) >= 11 is 0. The average Bonchev–Trinajstić information content (AvgIpc) is 3.10. The first-order valence-corrected chi connectivity index (χ1v) is 11.8. The first-order valence-electron chi connectivity index (χ1n) is 11.8. The molecule has 3 aliphatic rings. The predicted octanol–water partition coefficient (Wildman–Crippen LogP) is 4.22. The standard InChI is InChI=1S/C25H37N3O2/c1-4-8-20-21-11-6-12-23(29)28-16-7-14-25(21,28)15-13-22(20)26-24(30)18-9-5-10-19(17-18)27(2)3/h5,9-10,17,20-22H,4,6-8,11-16H2,1-3H3,(H,26,30)/t20-,21+,22+,25-/m1/s1. The lowest BCUT2D eigenvalue weighted by Crippen LogP contribution is -2.60. The van der Waals surface area contributed by atoms with E-state index in [1.807, 2.05) is 43.3 Å². The highest BCUT2D eigenvalue weighted by Crippen LogP contribution is 2.52. The maximum atomic E-state index is 13.1. The van der Waals surface area contributed by atoms with E-state index in [0.29, 0.717) is 24.2 Å². The van der Waals surface area contributed by atoms with E-state index in [4.69, 9.17) is 0 Å². The van der Waals surface area contributed by atoms with Crippen molar-refractivity contribution in [3.8, 4) is 0 Å². The molecule has 5 heteroatoms. The minimum absolute atomic E-state index is 0.0359. The molecular weight excluding hydrogens is 374 g/mol. The molecule has 2 aliphatic heterocycles. The van der Waals surface area contributed by atoms with E-state index in [1.165, 1.54) is 0 Å². The Morgan fingerprint density at radius 3 is 2.83 bits per heavy atom. The summed E-state index contributed by atoms with van der Waals surface area (Å²) in [5.41, 5.74) is 1.83. The Labute approximate surface area is 181 Å². The number of nitrogens with zero attached hydrogens (tertiary/aromatic N) is 2. The number of hydrogen-bond donors (Lipinski definition) is 1. The monoisotopic (exact) mass is 411 g/mol. The van der Waals surface area contributed by atoms with E-state index >= 15 is 0 Å². The van der Waals surface area contributed by atoms with Gasteiger partial charge in [0.25, 0.3) is 5.91 Å². The number of carbonyl (C=O) groups is 2. The van der Waals surface area contributed by atoms with Gasteiger partial charge in [-0.25, -0.2) is 0 Å². The number of anilines is 1. The van der Waals surface area contributed by atoms with Gasteiger partial charge in [-0.15, -0.1) is 0 Å². The van der Waals surface area contributed by atoms with Gasteiger partial charge in [0.1, 0.15) is 0 Å². The number of carbonyl (C=O) groups excluding carboxylic acids is 2. The third-order valence-corrected chi connectivity index (χ3v) is 7.91. The van der Waals surface area contributed by atoms with Crippen LogP contribution in [0.25, 0.3) is 0 Å². The molecule has 1 saturated carbocycles. The molecule has 3 fully saturated rings. The summed E-state index contributed by atoms with van der Waals surface area (Å²) in [4.78, 5) is 30.2. The Morgan fingerprint density at radius 1 is 1.23 bits per heavy atom. The molecule has 2 saturated heterocycles. The molecule has 2 heterocycles. The maximum absolute atomic E-state index is 13.1. The third kappa shape index (κ3) is 3.72. The van der Waals surface area contributed by atoms with Crippen molar-refractivity contribution in [1.82, 2.24) is 10.2 Å². The molecule has 1 aliphatic carbocycles. The van der Waals surface area contributed by atoms with Crippen molar-refractivity contribution in [3.05, 3.63) is 29.8 Å². The molecule has 0 aromatic heterocycles. The molecule has 0 unspecified atom stereocenters. The molecule has 1 aromatic rings. The van der Waals surface area contributed by atoms with Gasteiger partial charge in [-0.1, -0.05) is 19.4 Å². The Hall–Kier alpha value is -2.04. The van der Waals surface area contributed by atoms with Crippen molar-refractivity contribution < 1.29 is 9.59 Å². The number of hydrogen-bond acceptors (Lipinski definition) is 3. The zero-order valence-electron chi connectivity index (χ0n) is 18.8. The molecule has 4 rings (SSSR count). The molecule has 2 amide bonds. The highest BCUT2D eigenvalue weighted by atomic mass is 16.2. The lowest BCUT2D eigenvalue weighted by molar-refractivity contribution is -0.138. The van der Waals surface area contributed by atoms with E-state index in [1.54, 1.807) is 0 Å². The summed E-state index contributed by atoms with van der Waals surface area (Å²) < 4.78 is 0. The summed E-state index contributed by atoms with van der Waals surface area (Å²) in [6, 6.07) is 8.06. The minimum atomic E-state index is 0.0359. The SMILES string of the molecule is CCC[C@H]1[C@@H](NC(=O)c2cccc(N(C)C)c2)CC[C@@]23CCCN2C(=O)CCC[C@@H]13. The molecule has 0 radical (unpaired) electrons. The minimum Gasteiger partial charge on any atom is -0.378 e. The summed E-state index contributed by atoms with van der Waals surface area (Å²) in [6.45, 7) is 3.18. The van der Waals surface area contributed by atoms with Crippen LogP contribution in [0.4, 0.5) is 5.69 Å². The van der Waals surface area contributed by atoms with Crippen LogP contribution in [0.2, 0.25) is 0 Å². The Balaban J connectivity index is 1.57. The van der Waals surface area contributed by atoms with E-state index in [-0.39, 0.29) is 17.5 Å². The van der Waals surface area contributed by atoms with Gasteiger partial charge in [0.2, 0.25) is 5.91 Å². The van der Waals surface area contributed by atoms with Gasteiger partial charge in [-0.2, -0.15) is 0 Å². The van der Waals surface area contributed by atoms with Crippen molar-refractivity contribution in [2.45, 2.75) is 76.3 Å². The second-order valence-electron chi connectivity index (χ2n) is 9.77. The molecule has 1 aromatic carbocycles. The third-order valence-electron chi connectivity index (χ3n) is 7.91. The van der Waals surface area contributed by atoms with E-state index in [2.05, 4.69) is 17.1 Å². The van der Waals surface area contributed by atoms with Crippen LogP contribution in [0.15, 0.2) is 24.3 Å². The normalized spacial score (nSPS) is 31.0. The quantitative estimate of drug-likeness (QED) is 0.789. The smallest absolute Gasteiger partial charge is 0.251 e. The van der Waals surface area contributed by atoms with Crippen LogP contribution in [-0.2, 0) is 4.79 Å². The van der Waals surface area contributed by atoms with Gasteiger partial charge in [0.05, 0.1) is 0 Å². The molecule has 1 N–H and O–H groups in total. The van der Waals surface area contributed by atoms with Gasteiger partial charge in [-0.05, 0) is 75.0 Å².